The lowest BCUT2D eigenvalue weighted by molar-refractivity contribution is 0.0232. The van der Waals surface area contributed by atoms with Crippen molar-refractivity contribution in [1.29, 1.82) is 0 Å². The second-order valence-corrected chi connectivity index (χ2v) is 5.20. The van der Waals surface area contributed by atoms with Gasteiger partial charge in [0.15, 0.2) is 0 Å². The first-order valence-electron chi connectivity index (χ1n) is 5.52. The summed E-state index contributed by atoms with van der Waals surface area (Å²) in [5, 5.41) is 0. The lowest BCUT2D eigenvalue weighted by Gasteiger charge is -2.32. The smallest absolute Gasteiger partial charge is 0.0877 e. The molecule has 2 fully saturated rings. The summed E-state index contributed by atoms with van der Waals surface area (Å²) in [4.78, 5) is 0. The zero-order chi connectivity index (χ0) is 10.4. The Hall–Kier alpha value is -0.560. The first-order chi connectivity index (χ1) is 6.50. The van der Waals surface area contributed by atoms with Crippen molar-refractivity contribution in [3.05, 3.63) is 23.8 Å². The predicted molar refractivity (Wildman–Crippen MR) is 59.2 cm³/mol. The monoisotopic (exact) mass is 192 g/mol. The number of allylic oxidation sites excluding steroid dienone is 3. The van der Waals surface area contributed by atoms with Gasteiger partial charge in [0.2, 0.25) is 0 Å². The molecule has 2 saturated heterocycles. The van der Waals surface area contributed by atoms with Crippen LogP contribution in [0, 0.1) is 5.41 Å². The molecule has 2 bridgehead atoms. The fourth-order valence-electron chi connectivity index (χ4n) is 2.98. The van der Waals surface area contributed by atoms with Crippen LogP contribution < -0.4 is 0 Å². The molecular weight excluding hydrogens is 172 g/mol. The molecule has 0 aromatic carbocycles. The minimum Gasteiger partial charge on any atom is -0.367 e. The normalized spacial score (nSPS) is 42.9. The first-order valence-corrected chi connectivity index (χ1v) is 5.52. The molecule has 2 aliphatic heterocycles. The van der Waals surface area contributed by atoms with Crippen molar-refractivity contribution in [3.8, 4) is 0 Å². The molecule has 78 valence electrons. The standard InChI is InChI=1S/C13H20O/c1-5-6-7-10-12(2,3)11-8-9-13(10,4)14-11/h5-7,11H,8-9H2,1-4H3/b6-5+,10-7-/t11-,13+/m0/s1. The Morgan fingerprint density at radius 1 is 1.36 bits per heavy atom. The molecule has 0 aliphatic carbocycles. The van der Waals surface area contributed by atoms with E-state index in [1.54, 1.807) is 0 Å². The third kappa shape index (κ3) is 1.18. The van der Waals surface area contributed by atoms with Crippen LogP contribution >= 0.6 is 0 Å². The van der Waals surface area contributed by atoms with Crippen LogP contribution in [0.1, 0.15) is 40.5 Å². The Morgan fingerprint density at radius 3 is 2.57 bits per heavy atom. The van der Waals surface area contributed by atoms with Gasteiger partial charge in [0.1, 0.15) is 0 Å². The Bertz CT molecular complexity index is 292. The van der Waals surface area contributed by atoms with Crippen molar-refractivity contribution in [2.75, 3.05) is 0 Å². The molecule has 0 spiro atoms. The maximum Gasteiger partial charge on any atom is 0.0877 e. The van der Waals surface area contributed by atoms with Crippen LogP contribution in [0.3, 0.4) is 0 Å². The summed E-state index contributed by atoms with van der Waals surface area (Å²) in [7, 11) is 0. The average molecular weight is 192 g/mol. The van der Waals surface area contributed by atoms with Crippen LogP contribution in [0.2, 0.25) is 0 Å². The molecule has 0 aromatic heterocycles. The van der Waals surface area contributed by atoms with Crippen molar-refractivity contribution in [2.45, 2.75) is 52.2 Å². The maximum atomic E-state index is 6.08. The van der Waals surface area contributed by atoms with E-state index >= 15 is 0 Å². The van der Waals surface area contributed by atoms with Crippen molar-refractivity contribution in [1.82, 2.24) is 0 Å². The van der Waals surface area contributed by atoms with E-state index < -0.39 is 0 Å². The number of fused-ring (bicyclic) bond motifs is 2. The first kappa shape index (κ1) is 9.97. The molecule has 0 radical (unpaired) electrons. The molecule has 1 heteroatoms. The highest BCUT2D eigenvalue weighted by molar-refractivity contribution is 5.35. The van der Waals surface area contributed by atoms with Crippen LogP contribution in [-0.2, 0) is 4.74 Å². The van der Waals surface area contributed by atoms with Crippen LogP contribution in [0.15, 0.2) is 23.8 Å². The zero-order valence-electron chi connectivity index (χ0n) is 9.63. The third-order valence-electron chi connectivity index (χ3n) is 3.81. The number of hydrogen-bond acceptors (Lipinski definition) is 1. The van der Waals surface area contributed by atoms with E-state index in [9.17, 15) is 0 Å². The second kappa shape index (κ2) is 2.96. The lowest BCUT2D eigenvalue weighted by atomic mass is 9.68. The summed E-state index contributed by atoms with van der Waals surface area (Å²) >= 11 is 0. The van der Waals surface area contributed by atoms with Gasteiger partial charge in [-0.1, -0.05) is 32.1 Å². The van der Waals surface area contributed by atoms with E-state index in [1.165, 1.54) is 18.4 Å². The summed E-state index contributed by atoms with van der Waals surface area (Å²) < 4.78 is 6.08. The fraction of sp³-hybridized carbons (Fsp3) is 0.692. The van der Waals surface area contributed by atoms with Crippen LogP contribution in [0.4, 0.5) is 0 Å². The van der Waals surface area contributed by atoms with Crippen LogP contribution in [-0.4, -0.2) is 11.7 Å². The molecule has 0 unspecified atom stereocenters. The molecule has 2 heterocycles. The molecule has 1 nitrogen and oxygen atoms in total. The van der Waals surface area contributed by atoms with Gasteiger partial charge in [-0.15, -0.1) is 0 Å². The van der Waals surface area contributed by atoms with Gasteiger partial charge >= 0.3 is 0 Å². The molecule has 0 N–H and O–H groups in total. The van der Waals surface area contributed by atoms with Gasteiger partial charge in [0.05, 0.1) is 11.7 Å². The molecule has 2 atom stereocenters. The van der Waals surface area contributed by atoms with Gasteiger partial charge in [-0.2, -0.15) is 0 Å². The largest absolute Gasteiger partial charge is 0.367 e. The number of ether oxygens (including phenoxy) is 1. The Kier molecular flexibility index (Phi) is 2.11. The van der Waals surface area contributed by atoms with Crippen LogP contribution in [0.25, 0.3) is 0 Å². The van der Waals surface area contributed by atoms with Crippen molar-refractivity contribution in [3.63, 3.8) is 0 Å². The van der Waals surface area contributed by atoms with Crippen molar-refractivity contribution in [2.24, 2.45) is 5.41 Å². The highest BCUT2D eigenvalue weighted by Gasteiger charge is 2.56. The van der Waals surface area contributed by atoms with E-state index in [-0.39, 0.29) is 11.0 Å². The lowest BCUT2D eigenvalue weighted by Crippen LogP contribution is -2.32. The minimum absolute atomic E-state index is 0.0215. The van der Waals surface area contributed by atoms with Crippen molar-refractivity contribution < 1.29 is 4.74 Å². The summed E-state index contributed by atoms with van der Waals surface area (Å²) in [6.07, 6.45) is 9.30. The SMILES string of the molecule is C/C=C/C=C1/C(C)(C)[C@@H]2CC[C@@]1(C)O2. The molecular formula is C13H20O. The van der Waals surface area contributed by atoms with E-state index in [0.717, 1.165) is 0 Å². The zero-order valence-corrected chi connectivity index (χ0v) is 9.63. The highest BCUT2D eigenvalue weighted by atomic mass is 16.5. The number of rotatable bonds is 1. The van der Waals surface area contributed by atoms with E-state index in [1.807, 2.05) is 0 Å². The summed E-state index contributed by atoms with van der Waals surface area (Å²) in [5.41, 5.74) is 1.72. The molecule has 2 aliphatic rings. The molecule has 0 saturated carbocycles. The van der Waals surface area contributed by atoms with E-state index in [0.29, 0.717) is 6.10 Å². The predicted octanol–water partition coefficient (Wildman–Crippen LogP) is 3.47. The second-order valence-electron chi connectivity index (χ2n) is 5.20. The van der Waals surface area contributed by atoms with Gasteiger partial charge in [-0.05, 0) is 32.3 Å². The van der Waals surface area contributed by atoms with Crippen LogP contribution in [0.5, 0.6) is 0 Å². The molecule has 14 heavy (non-hydrogen) atoms. The van der Waals surface area contributed by atoms with Gasteiger partial charge in [0, 0.05) is 5.41 Å². The highest BCUT2D eigenvalue weighted by Crippen LogP contribution is 2.57. The fourth-order valence-corrected chi connectivity index (χ4v) is 2.98. The maximum absolute atomic E-state index is 6.08. The molecule has 0 aromatic rings. The van der Waals surface area contributed by atoms with Gasteiger partial charge in [-0.3, -0.25) is 0 Å². The Labute approximate surface area is 86.8 Å². The van der Waals surface area contributed by atoms with Gasteiger partial charge in [0.25, 0.3) is 0 Å². The number of hydrogen-bond donors (Lipinski definition) is 0. The quantitative estimate of drug-likeness (QED) is 0.618. The minimum atomic E-state index is 0.0215. The van der Waals surface area contributed by atoms with E-state index in [2.05, 4.69) is 45.9 Å². The topological polar surface area (TPSA) is 9.23 Å². The van der Waals surface area contributed by atoms with Crippen molar-refractivity contribution >= 4 is 0 Å². The Morgan fingerprint density at radius 2 is 2.07 bits per heavy atom. The third-order valence-corrected chi connectivity index (χ3v) is 3.81. The molecule has 2 rings (SSSR count). The average Bonchev–Trinajstić information content (AvgIpc) is 2.55. The Balaban J connectivity index is 2.39. The van der Waals surface area contributed by atoms with E-state index in [4.69, 9.17) is 4.74 Å². The summed E-state index contributed by atoms with van der Waals surface area (Å²) in [5.74, 6) is 0. The summed E-state index contributed by atoms with van der Waals surface area (Å²) in [6.45, 7) is 8.90. The van der Waals surface area contributed by atoms with Gasteiger partial charge < -0.3 is 4.74 Å². The van der Waals surface area contributed by atoms with Gasteiger partial charge in [-0.25, -0.2) is 0 Å². The molecule has 0 amide bonds. The summed E-state index contributed by atoms with van der Waals surface area (Å²) in [6, 6.07) is 0.